The van der Waals surface area contributed by atoms with Crippen molar-refractivity contribution in [2.24, 2.45) is 0 Å². The summed E-state index contributed by atoms with van der Waals surface area (Å²) in [7, 11) is 0. The van der Waals surface area contributed by atoms with E-state index < -0.39 is 51.1 Å². The Balaban J connectivity index is 1.52. The number of rotatable bonds is 5. The first-order valence-electron chi connectivity index (χ1n) is 13.9. The van der Waals surface area contributed by atoms with Gasteiger partial charge in [0, 0.05) is 35.4 Å². The van der Waals surface area contributed by atoms with Crippen LogP contribution in [-0.4, -0.2) is 72.6 Å². The molecule has 3 aromatic carbocycles. The molecule has 0 aliphatic carbocycles. The Hall–Kier alpha value is -4.89. The number of fused-ring (bicyclic) bond motifs is 6. The Bertz CT molecular complexity index is 1570. The SMILES string of the molecule is O=C([O-])N1COC[C@H]1C(=O)[N+]1(N(c2ccc(F)cc2)[N+]2(C(=O)[C@@H]3COCN3C(=O)[O-])Cc3ccc2cc3)Cc2ccc1cc2. The lowest BCUT2D eigenvalue weighted by atomic mass is 10.0. The molecule has 6 aliphatic heterocycles. The number of quaternary nitrogens is 2. The fourth-order valence-electron chi connectivity index (χ4n) is 6.73. The van der Waals surface area contributed by atoms with Crippen LogP contribution in [0.25, 0.3) is 0 Å². The van der Waals surface area contributed by atoms with E-state index in [0.717, 1.165) is 9.80 Å². The topological polar surface area (TPSA) is 143 Å². The third kappa shape index (κ3) is 3.92. The van der Waals surface area contributed by atoms with Crippen molar-refractivity contribution in [2.45, 2.75) is 25.2 Å². The molecule has 4 atom stereocenters. The molecule has 13 nitrogen and oxygen atoms in total. The van der Waals surface area contributed by atoms with Gasteiger partial charge in [0.2, 0.25) is 0 Å². The summed E-state index contributed by atoms with van der Waals surface area (Å²) in [4.78, 5) is 55.9. The third-order valence-corrected chi connectivity index (χ3v) is 8.79. The first-order chi connectivity index (χ1) is 21.2. The van der Waals surface area contributed by atoms with Gasteiger partial charge >= 0.3 is 11.8 Å². The molecule has 0 saturated carbocycles. The van der Waals surface area contributed by atoms with Crippen LogP contribution in [-0.2, 0) is 32.2 Å². The van der Waals surface area contributed by atoms with Gasteiger partial charge in [-0.25, -0.2) is 14.0 Å². The van der Waals surface area contributed by atoms with Gasteiger partial charge in [0.05, 0.1) is 13.2 Å². The second-order valence-electron chi connectivity index (χ2n) is 11.1. The molecule has 0 spiro atoms. The Morgan fingerprint density at radius 1 is 0.682 bits per heavy atom. The highest BCUT2D eigenvalue weighted by molar-refractivity contribution is 6.02. The fourth-order valence-corrected chi connectivity index (χ4v) is 6.73. The monoisotopic (exact) mass is 603 g/mol. The Morgan fingerprint density at radius 2 is 1.09 bits per heavy atom. The molecule has 4 amide bonds. The van der Waals surface area contributed by atoms with Crippen LogP contribution in [0.5, 0.6) is 0 Å². The van der Waals surface area contributed by atoms with E-state index in [1.165, 1.54) is 29.4 Å². The number of hydrogen-bond acceptors (Lipinski definition) is 9. The number of hydrogen-bond donors (Lipinski definition) is 0. The van der Waals surface area contributed by atoms with Crippen molar-refractivity contribution < 1.29 is 43.3 Å². The second kappa shape index (κ2) is 10.1. The van der Waals surface area contributed by atoms with E-state index in [4.69, 9.17) is 9.47 Å². The largest absolute Gasteiger partial charge is 0.530 e. The molecule has 0 N–H and O–H groups in total. The smallest absolute Gasteiger partial charge is 0.372 e. The molecule has 6 heterocycles. The number of halogens is 1. The van der Waals surface area contributed by atoms with E-state index in [2.05, 4.69) is 0 Å². The molecule has 2 saturated heterocycles. The van der Waals surface area contributed by atoms with Gasteiger partial charge in [0.15, 0.2) is 23.5 Å². The lowest BCUT2D eigenvalue weighted by Gasteiger charge is -2.54. The van der Waals surface area contributed by atoms with E-state index in [1.54, 1.807) is 24.3 Å². The van der Waals surface area contributed by atoms with Crippen molar-refractivity contribution in [1.29, 1.82) is 0 Å². The lowest BCUT2D eigenvalue weighted by molar-refractivity contribution is -0.268. The number of carbonyl (C=O) groups excluding carboxylic acids is 4. The highest BCUT2D eigenvalue weighted by Crippen LogP contribution is 2.47. The summed E-state index contributed by atoms with van der Waals surface area (Å²) in [6, 6.07) is 16.8. The molecule has 14 heteroatoms. The number of benzene rings is 3. The maximum Gasteiger partial charge on any atom is 0.372 e. The Morgan fingerprint density at radius 3 is 1.43 bits per heavy atom. The van der Waals surface area contributed by atoms with Crippen LogP contribution in [0.1, 0.15) is 11.1 Å². The zero-order valence-corrected chi connectivity index (χ0v) is 23.2. The number of carboxylic acid groups (broad SMARTS) is 2. The van der Waals surface area contributed by atoms with Crippen LogP contribution < -0.4 is 24.5 Å². The maximum absolute atomic E-state index is 15.0. The van der Waals surface area contributed by atoms with Gasteiger partial charge in [-0.2, -0.15) is 0 Å². The minimum Gasteiger partial charge on any atom is -0.530 e. The zero-order valence-electron chi connectivity index (χ0n) is 23.2. The molecule has 226 valence electrons. The van der Waals surface area contributed by atoms with Crippen molar-refractivity contribution in [1.82, 2.24) is 19.0 Å². The van der Waals surface area contributed by atoms with Crippen LogP contribution in [0.2, 0.25) is 0 Å². The molecule has 6 aliphatic rings. The van der Waals surface area contributed by atoms with Crippen LogP contribution in [0, 0.1) is 5.82 Å². The predicted molar refractivity (Wildman–Crippen MR) is 146 cm³/mol. The fraction of sp³-hybridized carbons (Fsp3) is 0.267. The van der Waals surface area contributed by atoms with Crippen LogP contribution in [0.3, 0.4) is 0 Å². The van der Waals surface area contributed by atoms with E-state index in [-0.39, 0.29) is 45.5 Å². The first kappa shape index (κ1) is 27.9. The van der Waals surface area contributed by atoms with Crippen LogP contribution >= 0.6 is 0 Å². The first-order valence-corrected chi connectivity index (χ1v) is 13.9. The maximum atomic E-state index is 15.0. The van der Waals surface area contributed by atoms with Crippen molar-refractivity contribution in [3.63, 3.8) is 0 Å². The van der Waals surface area contributed by atoms with Crippen LogP contribution in [0.4, 0.5) is 31.0 Å². The molecule has 0 radical (unpaired) electrons. The van der Waals surface area contributed by atoms with Gasteiger partial charge in [-0.05, 0) is 53.6 Å². The normalized spacial score (nSPS) is 26.7. The third-order valence-electron chi connectivity index (χ3n) is 8.79. The highest BCUT2D eigenvalue weighted by atomic mass is 19.1. The van der Waals surface area contributed by atoms with E-state index in [0.29, 0.717) is 22.5 Å². The van der Waals surface area contributed by atoms with Crippen molar-refractivity contribution in [3.8, 4) is 0 Å². The summed E-state index contributed by atoms with van der Waals surface area (Å²) in [5.41, 5.74) is 2.47. The lowest BCUT2D eigenvalue weighted by Crippen LogP contribution is -2.83. The predicted octanol–water partition coefficient (Wildman–Crippen LogP) is 0.561. The molecule has 0 aromatic heterocycles. The van der Waals surface area contributed by atoms with Crippen molar-refractivity contribution >= 4 is 41.1 Å². The molecular weight excluding hydrogens is 577 g/mol. The minimum absolute atomic E-state index is 0.0232. The number of carbonyl (C=O) groups is 4. The second-order valence-corrected chi connectivity index (χ2v) is 11.1. The molecule has 2 fully saturated rings. The Labute approximate surface area is 250 Å². The van der Waals surface area contributed by atoms with E-state index >= 15 is 9.59 Å². The van der Waals surface area contributed by atoms with Gasteiger partial charge in [0.1, 0.15) is 50.2 Å². The van der Waals surface area contributed by atoms with Gasteiger partial charge in [-0.1, -0.05) is 9.18 Å². The summed E-state index contributed by atoms with van der Waals surface area (Å²) in [5.74, 6) is -1.84. The van der Waals surface area contributed by atoms with Gasteiger partial charge in [0.25, 0.3) is 0 Å². The average Bonchev–Trinajstić information content (AvgIpc) is 3.73. The van der Waals surface area contributed by atoms with Gasteiger partial charge in [-0.3, -0.25) is 0 Å². The molecule has 9 rings (SSSR count). The van der Waals surface area contributed by atoms with Gasteiger partial charge < -0.3 is 39.1 Å². The number of amides is 4. The van der Waals surface area contributed by atoms with Crippen molar-refractivity contribution in [2.75, 3.05) is 31.8 Å². The minimum atomic E-state index is -1.60. The molecule has 44 heavy (non-hydrogen) atoms. The summed E-state index contributed by atoms with van der Waals surface area (Å²) >= 11 is 0. The summed E-state index contributed by atoms with van der Waals surface area (Å²) in [6.45, 7) is -1.32. The molecule has 2 unspecified atom stereocenters. The van der Waals surface area contributed by atoms with E-state index in [1.807, 2.05) is 24.3 Å². The molecule has 4 bridgehead atoms. The quantitative estimate of drug-likeness (QED) is 0.383. The summed E-state index contributed by atoms with van der Waals surface area (Å²) in [6.07, 6.45) is -3.20. The highest BCUT2D eigenvalue weighted by Gasteiger charge is 2.66. The Kier molecular flexibility index (Phi) is 6.40. The number of anilines is 1. The number of nitrogens with zero attached hydrogens (tertiary/aromatic N) is 5. The molecule has 3 aromatic rings. The summed E-state index contributed by atoms with van der Waals surface area (Å²) in [5, 5.41) is 25.7. The van der Waals surface area contributed by atoms with Crippen molar-refractivity contribution in [3.05, 3.63) is 89.7 Å². The van der Waals surface area contributed by atoms with Gasteiger partial charge in [-0.15, -0.1) is 0 Å². The summed E-state index contributed by atoms with van der Waals surface area (Å²) < 4.78 is 23.8. The molecular formula is C30H26FN5O8. The number of ether oxygens (including phenoxy) is 2. The standard InChI is InChI=1S/C30H26FN5O8/c31-21-5-7-22(8-6-21)34(35(13-19-1-9-23(35)10-2-19)27(37)25-15-43-17-32(25)29(39)40)36(14-20-3-11-24(36)12-4-20)28(38)26-16-44-18-33(26)30(41)42/h1-12,25-26H,13-18H2/t25-,26-,35?,36?/m0/s1. The van der Waals surface area contributed by atoms with Crippen LogP contribution in [0.15, 0.2) is 72.8 Å². The average molecular weight is 604 g/mol. The zero-order chi connectivity index (χ0) is 30.8. The van der Waals surface area contributed by atoms with E-state index in [9.17, 15) is 24.2 Å².